The van der Waals surface area contributed by atoms with Gasteiger partial charge in [-0.1, -0.05) is 62.2 Å². The lowest BCUT2D eigenvalue weighted by atomic mass is 9.99. The summed E-state index contributed by atoms with van der Waals surface area (Å²) in [7, 11) is 0. The third kappa shape index (κ3) is 5.01. The van der Waals surface area contributed by atoms with Gasteiger partial charge in [0.15, 0.2) is 0 Å². The Kier molecular flexibility index (Phi) is 6.53. The number of unbranched alkanes of at least 4 members (excludes halogenated alkanes) is 2. The summed E-state index contributed by atoms with van der Waals surface area (Å²) in [5.74, 6) is 0.741. The van der Waals surface area contributed by atoms with E-state index in [1.54, 1.807) is 0 Å². The van der Waals surface area contributed by atoms with E-state index < -0.39 is 0 Å². The van der Waals surface area contributed by atoms with E-state index in [4.69, 9.17) is 11.6 Å². The predicted octanol–water partition coefficient (Wildman–Crippen LogP) is 5.45. The minimum absolute atomic E-state index is 0.741. The molecule has 0 radical (unpaired) electrons. The molecule has 0 aliphatic rings. The summed E-state index contributed by atoms with van der Waals surface area (Å²) in [5.41, 5.74) is 1.42. The molecule has 0 bridgehead atoms. The first-order valence-electron chi connectivity index (χ1n) is 8.05. The number of halogens is 1. The molecule has 21 heavy (non-hydrogen) atoms. The van der Waals surface area contributed by atoms with Gasteiger partial charge < -0.3 is 5.32 Å². The number of rotatable bonds is 8. The third-order valence-corrected chi connectivity index (χ3v) is 4.14. The molecule has 0 saturated heterocycles. The van der Waals surface area contributed by atoms with Crippen LogP contribution in [-0.4, -0.2) is 13.1 Å². The summed E-state index contributed by atoms with van der Waals surface area (Å²) in [6.45, 7) is 6.76. The summed E-state index contributed by atoms with van der Waals surface area (Å²) in [6, 6.07) is 12.7. The highest BCUT2D eigenvalue weighted by molar-refractivity contribution is 6.35. The van der Waals surface area contributed by atoms with Crippen molar-refractivity contribution in [3.8, 4) is 0 Å². The molecule has 0 heterocycles. The predicted molar refractivity (Wildman–Crippen MR) is 94.2 cm³/mol. The van der Waals surface area contributed by atoms with Gasteiger partial charge in [0, 0.05) is 10.4 Å². The van der Waals surface area contributed by atoms with Crippen LogP contribution < -0.4 is 5.32 Å². The minimum atomic E-state index is 0.741. The second kappa shape index (κ2) is 8.41. The van der Waals surface area contributed by atoms with Crippen LogP contribution in [0.15, 0.2) is 36.4 Å². The van der Waals surface area contributed by atoms with E-state index in [1.807, 2.05) is 6.07 Å². The maximum absolute atomic E-state index is 6.26. The van der Waals surface area contributed by atoms with Crippen LogP contribution >= 0.6 is 11.6 Å². The number of benzene rings is 2. The summed E-state index contributed by atoms with van der Waals surface area (Å²) in [6.07, 6.45) is 4.93. The molecule has 2 aromatic carbocycles. The molecule has 0 fully saturated rings. The number of hydrogen-bond donors (Lipinski definition) is 1. The van der Waals surface area contributed by atoms with Crippen molar-refractivity contribution in [1.82, 2.24) is 5.32 Å². The molecule has 1 N–H and O–H groups in total. The van der Waals surface area contributed by atoms with E-state index in [0.29, 0.717) is 0 Å². The topological polar surface area (TPSA) is 12.0 Å². The first-order valence-corrected chi connectivity index (χ1v) is 8.43. The Labute approximate surface area is 133 Å². The van der Waals surface area contributed by atoms with Crippen LogP contribution in [0.3, 0.4) is 0 Å². The average Bonchev–Trinajstić information content (AvgIpc) is 2.48. The van der Waals surface area contributed by atoms with Gasteiger partial charge in [-0.15, -0.1) is 0 Å². The van der Waals surface area contributed by atoms with Crippen LogP contribution in [0.5, 0.6) is 0 Å². The van der Waals surface area contributed by atoms with E-state index in [9.17, 15) is 0 Å². The zero-order valence-corrected chi connectivity index (χ0v) is 13.9. The van der Waals surface area contributed by atoms with E-state index in [-0.39, 0.29) is 0 Å². The zero-order valence-electron chi connectivity index (χ0n) is 13.2. The van der Waals surface area contributed by atoms with E-state index in [2.05, 4.69) is 49.5 Å². The van der Waals surface area contributed by atoms with E-state index in [0.717, 1.165) is 30.5 Å². The second-order valence-corrected chi connectivity index (χ2v) is 6.57. The Morgan fingerprint density at radius 1 is 0.952 bits per heavy atom. The summed E-state index contributed by atoms with van der Waals surface area (Å²) >= 11 is 6.26. The fraction of sp³-hybridized carbons (Fsp3) is 0.474. The average molecular weight is 304 g/mol. The number of aryl methyl sites for hydroxylation is 1. The molecule has 1 nitrogen and oxygen atoms in total. The molecular formula is C19H26ClN. The number of nitrogens with one attached hydrogen (secondary N) is 1. The molecule has 0 spiro atoms. The highest BCUT2D eigenvalue weighted by Gasteiger charge is 2.04. The maximum Gasteiger partial charge on any atom is 0.0484 e. The maximum atomic E-state index is 6.26. The quantitative estimate of drug-likeness (QED) is 0.639. The molecule has 0 aromatic heterocycles. The molecule has 114 valence electrons. The molecule has 2 aromatic rings. The first-order chi connectivity index (χ1) is 10.2. The molecule has 2 rings (SSSR count). The summed E-state index contributed by atoms with van der Waals surface area (Å²) < 4.78 is 0. The van der Waals surface area contributed by atoms with Crippen molar-refractivity contribution in [2.75, 3.05) is 13.1 Å². The van der Waals surface area contributed by atoms with Gasteiger partial charge in [0.25, 0.3) is 0 Å². The third-order valence-electron chi connectivity index (χ3n) is 3.81. The summed E-state index contributed by atoms with van der Waals surface area (Å²) in [5, 5.41) is 6.84. The Hall–Kier alpha value is -1.05. The lowest BCUT2D eigenvalue weighted by molar-refractivity contribution is 0.530. The van der Waals surface area contributed by atoms with Gasteiger partial charge in [-0.05, 0) is 55.3 Å². The van der Waals surface area contributed by atoms with Crippen LogP contribution in [0.2, 0.25) is 5.02 Å². The van der Waals surface area contributed by atoms with Gasteiger partial charge >= 0.3 is 0 Å². The van der Waals surface area contributed by atoms with Crippen LogP contribution in [-0.2, 0) is 6.42 Å². The van der Waals surface area contributed by atoms with Crippen molar-refractivity contribution >= 4 is 22.4 Å². The Bertz CT molecular complexity index is 562. The molecule has 2 heteroatoms. The van der Waals surface area contributed by atoms with Crippen molar-refractivity contribution < 1.29 is 0 Å². The van der Waals surface area contributed by atoms with Crippen LogP contribution in [0.1, 0.15) is 38.7 Å². The Balaban J connectivity index is 1.80. The van der Waals surface area contributed by atoms with Crippen LogP contribution in [0.25, 0.3) is 10.8 Å². The van der Waals surface area contributed by atoms with E-state index >= 15 is 0 Å². The van der Waals surface area contributed by atoms with Crippen molar-refractivity contribution in [1.29, 1.82) is 0 Å². The molecule has 0 aliphatic heterocycles. The zero-order chi connectivity index (χ0) is 15.1. The highest BCUT2D eigenvalue weighted by Crippen LogP contribution is 2.27. The van der Waals surface area contributed by atoms with E-state index in [1.165, 1.54) is 35.6 Å². The van der Waals surface area contributed by atoms with Crippen LogP contribution in [0.4, 0.5) is 0 Å². The van der Waals surface area contributed by atoms with Gasteiger partial charge in [0.05, 0.1) is 0 Å². The smallest absolute Gasteiger partial charge is 0.0484 e. The molecular weight excluding hydrogens is 278 g/mol. The molecule has 0 saturated carbocycles. The lowest BCUT2D eigenvalue weighted by Gasteiger charge is -2.09. The molecule has 0 amide bonds. The molecule has 0 unspecified atom stereocenters. The fourth-order valence-electron chi connectivity index (χ4n) is 2.68. The van der Waals surface area contributed by atoms with Gasteiger partial charge in [0.1, 0.15) is 0 Å². The highest BCUT2D eigenvalue weighted by atomic mass is 35.5. The van der Waals surface area contributed by atoms with Gasteiger partial charge in [-0.3, -0.25) is 0 Å². The number of hydrogen-bond acceptors (Lipinski definition) is 1. The van der Waals surface area contributed by atoms with Crippen molar-refractivity contribution in [2.24, 2.45) is 5.92 Å². The fourth-order valence-corrected chi connectivity index (χ4v) is 2.90. The second-order valence-electron chi connectivity index (χ2n) is 6.16. The van der Waals surface area contributed by atoms with Gasteiger partial charge in [-0.2, -0.15) is 0 Å². The van der Waals surface area contributed by atoms with Gasteiger partial charge in [-0.25, -0.2) is 0 Å². The first kappa shape index (κ1) is 16.3. The van der Waals surface area contributed by atoms with Crippen molar-refractivity contribution in [3.05, 3.63) is 47.0 Å². The van der Waals surface area contributed by atoms with Crippen molar-refractivity contribution in [3.63, 3.8) is 0 Å². The summed E-state index contributed by atoms with van der Waals surface area (Å²) in [4.78, 5) is 0. The molecule has 0 atom stereocenters. The van der Waals surface area contributed by atoms with Crippen molar-refractivity contribution in [2.45, 2.75) is 39.5 Å². The molecule has 0 aliphatic carbocycles. The Morgan fingerprint density at radius 3 is 2.48 bits per heavy atom. The monoisotopic (exact) mass is 303 g/mol. The normalized spacial score (nSPS) is 11.4. The van der Waals surface area contributed by atoms with Crippen LogP contribution in [0, 0.1) is 5.92 Å². The van der Waals surface area contributed by atoms with Gasteiger partial charge in [0.2, 0.25) is 0 Å². The largest absolute Gasteiger partial charge is 0.316 e. The number of fused-ring (bicyclic) bond motifs is 1. The Morgan fingerprint density at radius 2 is 1.71 bits per heavy atom. The standard InChI is InChI=1S/C19H26ClN/c1-15(2)14-21-13-7-3-4-8-16-11-12-19(20)18-10-6-5-9-17(16)18/h5-6,9-12,15,21H,3-4,7-8,13-14H2,1-2H3. The SMILES string of the molecule is CC(C)CNCCCCCc1ccc(Cl)c2ccccc12. The minimum Gasteiger partial charge on any atom is -0.316 e. The lowest BCUT2D eigenvalue weighted by Crippen LogP contribution is -2.20.